The predicted molar refractivity (Wildman–Crippen MR) is 115 cm³/mol. The van der Waals surface area contributed by atoms with Gasteiger partial charge in [0.15, 0.2) is 6.23 Å². The molecule has 0 spiro atoms. The third-order valence-corrected chi connectivity index (χ3v) is 5.90. The summed E-state index contributed by atoms with van der Waals surface area (Å²) in [6.45, 7) is 0.878. The first kappa shape index (κ1) is 24.1. The largest absolute Gasteiger partial charge is 0.394 e. The van der Waals surface area contributed by atoms with Gasteiger partial charge in [0.05, 0.1) is 25.1 Å². The number of aliphatic hydroxyl groups excluding tert-OH is 3. The Morgan fingerprint density at radius 1 is 1.22 bits per heavy atom. The molecule has 0 radical (unpaired) electrons. The van der Waals surface area contributed by atoms with E-state index in [2.05, 4.69) is 20.9 Å². The van der Waals surface area contributed by atoms with Crippen LogP contribution in [0.3, 0.4) is 0 Å². The SMILES string of the molecule is CC(=O)N[C@H]1C(O)[C@H](O)C(CO)O[C@H]1n1cc(CNC(=O)CSCc2ccccc2)nn1. The van der Waals surface area contributed by atoms with Gasteiger partial charge in [0.25, 0.3) is 0 Å². The molecule has 1 aliphatic rings. The highest BCUT2D eigenvalue weighted by Gasteiger charge is 2.46. The zero-order valence-corrected chi connectivity index (χ0v) is 18.3. The maximum atomic E-state index is 12.1. The van der Waals surface area contributed by atoms with Crippen molar-refractivity contribution in [2.75, 3.05) is 12.4 Å². The molecule has 0 aliphatic carbocycles. The first-order valence-corrected chi connectivity index (χ1v) is 11.2. The lowest BCUT2D eigenvalue weighted by molar-refractivity contribution is -0.219. The number of rotatable bonds is 9. The van der Waals surface area contributed by atoms with Crippen molar-refractivity contribution >= 4 is 23.6 Å². The summed E-state index contributed by atoms with van der Waals surface area (Å²) in [6.07, 6.45) is -3.33. The van der Waals surface area contributed by atoms with Crippen LogP contribution in [0.25, 0.3) is 0 Å². The minimum Gasteiger partial charge on any atom is -0.394 e. The number of aliphatic hydroxyl groups is 3. The lowest BCUT2D eigenvalue weighted by Gasteiger charge is -2.42. The average molecular weight is 466 g/mol. The number of amides is 2. The van der Waals surface area contributed by atoms with E-state index in [-0.39, 0.29) is 12.5 Å². The Balaban J connectivity index is 1.55. The van der Waals surface area contributed by atoms with Crippen molar-refractivity contribution in [3.8, 4) is 0 Å². The van der Waals surface area contributed by atoms with Crippen LogP contribution in [0, 0.1) is 0 Å². The minimum atomic E-state index is -1.39. The van der Waals surface area contributed by atoms with E-state index >= 15 is 0 Å². The molecular formula is C20H27N5O6S. The molecule has 1 aliphatic heterocycles. The van der Waals surface area contributed by atoms with Crippen LogP contribution < -0.4 is 10.6 Å². The van der Waals surface area contributed by atoms with Crippen LogP contribution in [-0.2, 0) is 26.6 Å². The Morgan fingerprint density at radius 3 is 2.66 bits per heavy atom. The van der Waals surface area contributed by atoms with Crippen molar-refractivity contribution in [2.24, 2.45) is 0 Å². The summed E-state index contributed by atoms with van der Waals surface area (Å²) in [7, 11) is 0. The van der Waals surface area contributed by atoms with Crippen molar-refractivity contribution in [1.29, 1.82) is 0 Å². The predicted octanol–water partition coefficient (Wildman–Crippen LogP) is -1.06. The normalized spacial score (nSPS) is 25.3. The number of ether oxygens (including phenoxy) is 1. The van der Waals surface area contributed by atoms with Gasteiger partial charge in [-0.2, -0.15) is 0 Å². The zero-order chi connectivity index (χ0) is 23.1. The van der Waals surface area contributed by atoms with Crippen LogP contribution in [-0.4, -0.2) is 78.8 Å². The molecule has 2 heterocycles. The van der Waals surface area contributed by atoms with Gasteiger partial charge in [-0.1, -0.05) is 35.5 Å². The number of benzene rings is 1. The van der Waals surface area contributed by atoms with E-state index in [4.69, 9.17) is 4.74 Å². The van der Waals surface area contributed by atoms with E-state index in [0.717, 1.165) is 11.3 Å². The molecule has 2 amide bonds. The van der Waals surface area contributed by atoms with Gasteiger partial charge >= 0.3 is 0 Å². The molecule has 0 saturated carbocycles. The number of hydrogen-bond donors (Lipinski definition) is 5. The van der Waals surface area contributed by atoms with E-state index in [1.54, 1.807) is 0 Å². The first-order chi connectivity index (χ1) is 15.4. The van der Waals surface area contributed by atoms with Gasteiger partial charge in [-0.25, -0.2) is 4.68 Å². The molecule has 11 nitrogen and oxygen atoms in total. The highest BCUT2D eigenvalue weighted by atomic mass is 32.2. The first-order valence-electron chi connectivity index (χ1n) is 10.1. The third-order valence-electron chi connectivity index (χ3n) is 4.90. The lowest BCUT2D eigenvalue weighted by Crippen LogP contribution is -2.62. The topological polar surface area (TPSA) is 159 Å². The average Bonchev–Trinajstić information content (AvgIpc) is 3.25. The fraction of sp³-hybridized carbons (Fsp3) is 0.500. The Bertz CT molecular complexity index is 898. The number of hydrogen-bond acceptors (Lipinski definition) is 9. The summed E-state index contributed by atoms with van der Waals surface area (Å²) in [5.41, 5.74) is 1.58. The Labute approximate surface area is 189 Å². The number of nitrogens with zero attached hydrogens (tertiary/aromatic N) is 3. The maximum absolute atomic E-state index is 12.1. The number of thioether (sulfide) groups is 1. The molecule has 174 valence electrons. The van der Waals surface area contributed by atoms with Gasteiger partial charge in [-0.3, -0.25) is 9.59 Å². The Kier molecular flexibility index (Phi) is 8.59. The van der Waals surface area contributed by atoms with Gasteiger partial charge < -0.3 is 30.7 Å². The molecule has 1 aromatic carbocycles. The van der Waals surface area contributed by atoms with Crippen molar-refractivity contribution in [2.45, 2.75) is 49.8 Å². The molecule has 1 aromatic heterocycles. The molecule has 5 atom stereocenters. The van der Waals surface area contributed by atoms with E-state index < -0.39 is 43.1 Å². The van der Waals surface area contributed by atoms with Crippen LogP contribution >= 0.6 is 11.8 Å². The monoisotopic (exact) mass is 465 g/mol. The van der Waals surface area contributed by atoms with E-state index in [1.165, 1.54) is 29.6 Å². The van der Waals surface area contributed by atoms with Gasteiger partial charge in [-0.05, 0) is 5.56 Å². The number of carbonyl (C=O) groups is 2. The van der Waals surface area contributed by atoms with Crippen LogP contribution in [0.1, 0.15) is 24.4 Å². The second kappa shape index (κ2) is 11.4. The molecular weight excluding hydrogens is 438 g/mol. The second-order valence-corrected chi connectivity index (χ2v) is 8.39. The Morgan fingerprint density at radius 2 is 1.97 bits per heavy atom. The summed E-state index contributed by atoms with van der Waals surface area (Å²) in [5.74, 6) is 0.442. The van der Waals surface area contributed by atoms with E-state index in [9.17, 15) is 24.9 Å². The van der Waals surface area contributed by atoms with Crippen molar-refractivity contribution in [3.05, 3.63) is 47.8 Å². The molecule has 1 saturated heterocycles. The van der Waals surface area contributed by atoms with Gasteiger partial charge in [0.1, 0.15) is 30.0 Å². The van der Waals surface area contributed by atoms with E-state index in [1.807, 2.05) is 30.3 Å². The van der Waals surface area contributed by atoms with Gasteiger partial charge in [0, 0.05) is 12.7 Å². The fourth-order valence-electron chi connectivity index (χ4n) is 3.31. The maximum Gasteiger partial charge on any atom is 0.230 e. The zero-order valence-electron chi connectivity index (χ0n) is 17.5. The molecule has 5 N–H and O–H groups in total. The number of carbonyl (C=O) groups excluding carboxylic acids is 2. The Hall–Kier alpha value is -2.51. The van der Waals surface area contributed by atoms with Crippen LogP contribution in [0.2, 0.25) is 0 Å². The standard InChI is InChI=1S/C20H27N5O6S/c1-12(27)22-17-19(30)18(29)15(9-26)31-20(17)25-8-14(23-24-25)7-21-16(28)11-32-10-13-5-3-2-4-6-13/h2-6,8,15,17-20,26,29-30H,7,9-11H2,1H3,(H,21,28)(H,22,27)/t15?,17-,18+,19?,20+/m0/s1. The fourth-order valence-corrected chi connectivity index (χ4v) is 4.13. The molecule has 32 heavy (non-hydrogen) atoms. The molecule has 0 bridgehead atoms. The highest BCUT2D eigenvalue weighted by molar-refractivity contribution is 7.99. The van der Waals surface area contributed by atoms with E-state index in [0.29, 0.717) is 11.4 Å². The molecule has 3 rings (SSSR count). The smallest absolute Gasteiger partial charge is 0.230 e. The quantitative estimate of drug-likeness (QED) is 0.311. The molecule has 1 fully saturated rings. The third kappa shape index (κ3) is 6.26. The van der Waals surface area contributed by atoms with Crippen molar-refractivity contribution < 1.29 is 29.6 Å². The lowest BCUT2D eigenvalue weighted by atomic mass is 9.96. The van der Waals surface area contributed by atoms with Crippen LogP contribution in [0.5, 0.6) is 0 Å². The summed E-state index contributed by atoms with van der Waals surface area (Å²) >= 11 is 1.50. The highest BCUT2D eigenvalue weighted by Crippen LogP contribution is 2.28. The molecule has 2 aromatic rings. The minimum absolute atomic E-state index is 0.136. The van der Waals surface area contributed by atoms with Crippen molar-refractivity contribution in [3.63, 3.8) is 0 Å². The number of nitrogens with one attached hydrogen (secondary N) is 2. The second-order valence-electron chi connectivity index (χ2n) is 7.40. The number of aromatic nitrogens is 3. The molecule has 12 heteroatoms. The summed E-state index contributed by atoms with van der Waals surface area (Å²) in [5, 5.41) is 43.2. The van der Waals surface area contributed by atoms with Gasteiger partial charge in [0.2, 0.25) is 11.8 Å². The summed E-state index contributed by atoms with van der Waals surface area (Å²) < 4.78 is 6.93. The summed E-state index contributed by atoms with van der Waals surface area (Å²) in [4.78, 5) is 23.6. The summed E-state index contributed by atoms with van der Waals surface area (Å²) in [6, 6.07) is 8.84. The van der Waals surface area contributed by atoms with Crippen molar-refractivity contribution in [1.82, 2.24) is 25.6 Å². The van der Waals surface area contributed by atoms with Gasteiger partial charge in [-0.15, -0.1) is 16.9 Å². The molecule has 2 unspecified atom stereocenters. The van der Waals surface area contributed by atoms with Crippen LogP contribution in [0.4, 0.5) is 0 Å². The van der Waals surface area contributed by atoms with Crippen LogP contribution in [0.15, 0.2) is 36.5 Å².